The first-order chi connectivity index (χ1) is 9.97. The fraction of sp³-hybridized carbons (Fsp3) is 0.385. The highest BCUT2D eigenvalue weighted by molar-refractivity contribution is 5.95. The van der Waals surface area contributed by atoms with E-state index in [1.165, 1.54) is 12.1 Å². The van der Waals surface area contributed by atoms with Gasteiger partial charge in [-0.2, -0.15) is 0 Å². The summed E-state index contributed by atoms with van der Waals surface area (Å²) in [5, 5.41) is 25.3. The Morgan fingerprint density at radius 3 is 2.67 bits per heavy atom. The molecule has 1 saturated carbocycles. The van der Waals surface area contributed by atoms with Gasteiger partial charge < -0.3 is 15.7 Å². The van der Waals surface area contributed by atoms with Gasteiger partial charge in [0.2, 0.25) is 5.91 Å². The van der Waals surface area contributed by atoms with Crippen molar-refractivity contribution >= 4 is 23.3 Å². The summed E-state index contributed by atoms with van der Waals surface area (Å²) in [6.07, 6.45) is 2.22. The second kappa shape index (κ2) is 6.21. The zero-order valence-electron chi connectivity index (χ0n) is 11.2. The van der Waals surface area contributed by atoms with Crippen LogP contribution in [0.1, 0.15) is 29.6 Å². The molecule has 1 aromatic rings. The van der Waals surface area contributed by atoms with Crippen molar-refractivity contribution in [2.45, 2.75) is 25.3 Å². The van der Waals surface area contributed by atoms with E-state index < -0.39 is 10.9 Å². The van der Waals surface area contributed by atoms with Crippen molar-refractivity contribution in [1.82, 2.24) is 5.32 Å². The second-order valence-electron chi connectivity index (χ2n) is 4.81. The lowest BCUT2D eigenvalue weighted by molar-refractivity contribution is -0.384. The van der Waals surface area contributed by atoms with Crippen LogP contribution in [-0.4, -0.2) is 34.5 Å². The van der Waals surface area contributed by atoms with Gasteiger partial charge >= 0.3 is 5.97 Å². The van der Waals surface area contributed by atoms with Crippen LogP contribution in [0, 0.1) is 10.1 Å². The second-order valence-corrected chi connectivity index (χ2v) is 4.81. The Balaban J connectivity index is 1.96. The fourth-order valence-electron chi connectivity index (χ4n) is 1.82. The van der Waals surface area contributed by atoms with E-state index in [1.807, 2.05) is 0 Å². The van der Waals surface area contributed by atoms with Crippen molar-refractivity contribution in [2.24, 2.45) is 0 Å². The van der Waals surface area contributed by atoms with Crippen LogP contribution in [0.3, 0.4) is 0 Å². The monoisotopic (exact) mass is 293 g/mol. The minimum absolute atomic E-state index is 0.0937. The first-order valence-electron chi connectivity index (χ1n) is 6.52. The van der Waals surface area contributed by atoms with Gasteiger partial charge in [0.1, 0.15) is 0 Å². The van der Waals surface area contributed by atoms with Crippen molar-refractivity contribution < 1.29 is 19.6 Å². The minimum Gasteiger partial charge on any atom is -0.478 e. The van der Waals surface area contributed by atoms with Gasteiger partial charge in [-0.25, -0.2) is 4.79 Å². The summed E-state index contributed by atoms with van der Waals surface area (Å²) in [5.41, 5.74) is -0.219. The fourth-order valence-corrected chi connectivity index (χ4v) is 1.82. The summed E-state index contributed by atoms with van der Waals surface area (Å²) >= 11 is 0. The van der Waals surface area contributed by atoms with E-state index in [2.05, 4.69) is 10.6 Å². The average Bonchev–Trinajstić information content (AvgIpc) is 3.22. The molecule has 0 radical (unpaired) electrons. The summed E-state index contributed by atoms with van der Waals surface area (Å²) in [4.78, 5) is 32.6. The molecule has 0 bridgehead atoms. The van der Waals surface area contributed by atoms with Crippen LogP contribution >= 0.6 is 0 Å². The normalized spacial score (nSPS) is 13.5. The van der Waals surface area contributed by atoms with Crippen molar-refractivity contribution in [3.8, 4) is 0 Å². The molecule has 8 heteroatoms. The molecule has 21 heavy (non-hydrogen) atoms. The number of carboxylic acids is 1. The molecule has 1 aliphatic carbocycles. The van der Waals surface area contributed by atoms with Crippen LogP contribution in [0.5, 0.6) is 0 Å². The number of nitro groups is 1. The van der Waals surface area contributed by atoms with E-state index in [-0.39, 0.29) is 41.9 Å². The van der Waals surface area contributed by atoms with Crippen LogP contribution in [0.15, 0.2) is 18.2 Å². The maximum atomic E-state index is 11.5. The van der Waals surface area contributed by atoms with Gasteiger partial charge in [-0.05, 0) is 18.9 Å². The zero-order valence-corrected chi connectivity index (χ0v) is 11.2. The van der Waals surface area contributed by atoms with Gasteiger partial charge in [0.15, 0.2) is 0 Å². The number of nitro benzene ring substituents is 1. The molecule has 1 aromatic carbocycles. The number of hydrogen-bond acceptors (Lipinski definition) is 5. The molecule has 0 aliphatic heterocycles. The van der Waals surface area contributed by atoms with E-state index in [0.29, 0.717) is 0 Å². The predicted molar refractivity (Wildman–Crippen MR) is 74.3 cm³/mol. The average molecular weight is 293 g/mol. The molecule has 0 aromatic heterocycles. The standard InChI is InChI=1S/C13H15N3O5/c17-12(15-8-1-2-8)5-6-14-11-4-3-9(16(20)21)7-10(11)13(18)19/h3-4,7-8,14H,1-2,5-6H2,(H,15,17)(H,18,19). The van der Waals surface area contributed by atoms with Gasteiger partial charge in [-0.1, -0.05) is 0 Å². The molecule has 1 amide bonds. The number of carboxylic acid groups (broad SMARTS) is 1. The Morgan fingerprint density at radius 1 is 1.38 bits per heavy atom. The van der Waals surface area contributed by atoms with E-state index in [4.69, 9.17) is 5.11 Å². The van der Waals surface area contributed by atoms with E-state index in [0.717, 1.165) is 18.9 Å². The van der Waals surface area contributed by atoms with Crippen molar-refractivity contribution in [1.29, 1.82) is 0 Å². The number of nitrogens with zero attached hydrogens (tertiary/aromatic N) is 1. The number of anilines is 1. The van der Waals surface area contributed by atoms with E-state index >= 15 is 0 Å². The summed E-state index contributed by atoms with van der Waals surface area (Å²) in [5.74, 6) is -1.35. The molecule has 0 heterocycles. The molecule has 0 unspecified atom stereocenters. The lowest BCUT2D eigenvalue weighted by Gasteiger charge is -2.09. The Hall–Kier alpha value is -2.64. The van der Waals surface area contributed by atoms with Crippen LogP contribution in [0.4, 0.5) is 11.4 Å². The first kappa shape index (κ1) is 14.8. The number of carbonyl (C=O) groups is 2. The molecule has 1 aliphatic rings. The predicted octanol–water partition coefficient (Wildman–Crippen LogP) is 1.37. The Morgan fingerprint density at radius 2 is 2.10 bits per heavy atom. The maximum absolute atomic E-state index is 11.5. The topological polar surface area (TPSA) is 122 Å². The molecule has 0 saturated heterocycles. The summed E-state index contributed by atoms with van der Waals surface area (Å²) < 4.78 is 0. The molecule has 0 spiro atoms. The molecular formula is C13H15N3O5. The Labute approximate surface area is 120 Å². The van der Waals surface area contributed by atoms with Crippen LogP contribution < -0.4 is 10.6 Å². The molecule has 2 rings (SSSR count). The number of nitrogens with one attached hydrogen (secondary N) is 2. The van der Waals surface area contributed by atoms with Crippen LogP contribution in [0.2, 0.25) is 0 Å². The maximum Gasteiger partial charge on any atom is 0.338 e. The number of carbonyl (C=O) groups excluding carboxylic acids is 1. The molecule has 3 N–H and O–H groups in total. The lowest BCUT2D eigenvalue weighted by Crippen LogP contribution is -2.27. The van der Waals surface area contributed by atoms with E-state index in [9.17, 15) is 19.7 Å². The van der Waals surface area contributed by atoms with Crippen LogP contribution in [-0.2, 0) is 4.79 Å². The molecular weight excluding hydrogens is 278 g/mol. The van der Waals surface area contributed by atoms with Crippen LogP contribution in [0.25, 0.3) is 0 Å². The first-order valence-corrected chi connectivity index (χ1v) is 6.52. The minimum atomic E-state index is -1.26. The number of benzene rings is 1. The summed E-state index contributed by atoms with van der Waals surface area (Å²) in [6, 6.07) is 3.83. The quantitative estimate of drug-likeness (QED) is 0.515. The van der Waals surface area contributed by atoms with Crippen molar-refractivity contribution in [3.63, 3.8) is 0 Å². The third kappa shape index (κ3) is 4.16. The number of non-ortho nitro benzene ring substituents is 1. The lowest BCUT2D eigenvalue weighted by atomic mass is 10.1. The number of amides is 1. The zero-order chi connectivity index (χ0) is 15.4. The SMILES string of the molecule is O=C(CCNc1ccc([N+](=O)[O-])cc1C(=O)O)NC1CC1. The third-order valence-electron chi connectivity index (χ3n) is 3.05. The highest BCUT2D eigenvalue weighted by Crippen LogP contribution is 2.22. The van der Waals surface area contributed by atoms with Gasteiger partial charge in [-0.15, -0.1) is 0 Å². The van der Waals surface area contributed by atoms with Crippen molar-refractivity contribution in [2.75, 3.05) is 11.9 Å². The Kier molecular flexibility index (Phi) is 4.36. The highest BCUT2D eigenvalue weighted by atomic mass is 16.6. The van der Waals surface area contributed by atoms with Crippen molar-refractivity contribution in [3.05, 3.63) is 33.9 Å². The molecule has 112 valence electrons. The smallest absolute Gasteiger partial charge is 0.338 e. The summed E-state index contributed by atoms with van der Waals surface area (Å²) in [7, 11) is 0. The van der Waals surface area contributed by atoms with Gasteiger partial charge in [0.25, 0.3) is 5.69 Å². The Bertz CT molecular complexity index is 583. The number of rotatable bonds is 7. The number of hydrogen-bond donors (Lipinski definition) is 3. The molecule has 1 fully saturated rings. The summed E-state index contributed by atoms with van der Waals surface area (Å²) in [6.45, 7) is 0.261. The van der Waals surface area contributed by atoms with Gasteiger partial charge in [-0.3, -0.25) is 14.9 Å². The number of aromatic carboxylic acids is 1. The third-order valence-corrected chi connectivity index (χ3v) is 3.05. The highest BCUT2D eigenvalue weighted by Gasteiger charge is 2.23. The van der Waals surface area contributed by atoms with Gasteiger partial charge in [0.05, 0.1) is 10.5 Å². The van der Waals surface area contributed by atoms with E-state index in [1.54, 1.807) is 0 Å². The largest absolute Gasteiger partial charge is 0.478 e. The van der Waals surface area contributed by atoms with Gasteiger partial charge in [0, 0.05) is 36.8 Å². The molecule has 8 nitrogen and oxygen atoms in total. The molecule has 0 atom stereocenters.